The maximum absolute atomic E-state index is 6.58. The summed E-state index contributed by atoms with van der Waals surface area (Å²) in [5, 5.41) is 0. The van der Waals surface area contributed by atoms with Crippen molar-refractivity contribution in [1.82, 2.24) is 0 Å². The van der Waals surface area contributed by atoms with E-state index in [-0.39, 0.29) is 33.8 Å². The quantitative estimate of drug-likeness (QED) is 0.147. The summed E-state index contributed by atoms with van der Waals surface area (Å²) in [6.07, 6.45) is 4.51. The van der Waals surface area contributed by atoms with Crippen molar-refractivity contribution in [3.05, 3.63) is 228 Å². The molecule has 0 aromatic heterocycles. The average molecular weight is 1190 g/mol. The molecule has 0 spiro atoms. The molecule has 4 aliphatic heterocycles. The highest BCUT2D eigenvalue weighted by atomic mass is 16.6. The first-order valence-corrected chi connectivity index (χ1v) is 33.1. The molecule has 0 unspecified atom stereocenters. The van der Waals surface area contributed by atoms with E-state index >= 15 is 0 Å². The Labute approximate surface area is 537 Å². The second-order valence-electron chi connectivity index (χ2n) is 29.8. The minimum atomic E-state index is -0.165. The summed E-state index contributed by atoms with van der Waals surface area (Å²) in [5.41, 5.74) is 29.3. The van der Waals surface area contributed by atoms with Crippen LogP contribution in [0.1, 0.15) is 128 Å². The van der Waals surface area contributed by atoms with Crippen molar-refractivity contribution in [3.63, 3.8) is 0 Å². The number of hydrogen-bond donors (Lipinski definition) is 0. The van der Waals surface area contributed by atoms with Crippen LogP contribution in [-0.2, 0) is 27.1 Å². The zero-order valence-corrected chi connectivity index (χ0v) is 54.2. The van der Waals surface area contributed by atoms with Gasteiger partial charge in [0.25, 0.3) is 6.71 Å². The Kier molecular flexibility index (Phi) is 12.2. The van der Waals surface area contributed by atoms with Crippen LogP contribution in [0.4, 0.5) is 51.2 Å². The maximum Gasteiger partial charge on any atom is 0.252 e. The van der Waals surface area contributed by atoms with Gasteiger partial charge < -0.3 is 33.6 Å². The van der Waals surface area contributed by atoms with E-state index < -0.39 is 0 Å². The van der Waals surface area contributed by atoms with Crippen LogP contribution in [0.25, 0.3) is 33.4 Å². The molecule has 0 N–H and O–H groups in total. The lowest BCUT2D eigenvalue weighted by molar-refractivity contribution is 0.171. The van der Waals surface area contributed by atoms with E-state index in [0.717, 1.165) is 93.9 Å². The van der Waals surface area contributed by atoms with Gasteiger partial charge in [0.1, 0.15) is 26.4 Å². The summed E-state index contributed by atoms with van der Waals surface area (Å²) in [6, 6.07) is 73.8. The lowest BCUT2D eigenvalue weighted by Crippen LogP contribution is -2.62. The first-order chi connectivity index (χ1) is 43.8. The van der Waals surface area contributed by atoms with E-state index in [9.17, 15) is 0 Å². The average Bonchev–Trinajstić information content (AvgIpc) is 1.30. The summed E-state index contributed by atoms with van der Waals surface area (Å²) in [5.74, 6) is 3.03. The Morgan fingerprint density at radius 1 is 0.330 bits per heavy atom. The molecule has 4 heterocycles. The number of nitrogens with zero attached hydrogens (tertiary/aromatic N) is 3. The van der Waals surface area contributed by atoms with Gasteiger partial charge in [0.05, 0.1) is 5.69 Å². The Morgan fingerprint density at radius 2 is 0.802 bits per heavy atom. The molecule has 0 radical (unpaired) electrons. The van der Waals surface area contributed by atoms with Crippen LogP contribution in [0.3, 0.4) is 0 Å². The molecule has 452 valence electrons. The number of ether oxygens (including phenoxy) is 4. The molecule has 0 amide bonds. The van der Waals surface area contributed by atoms with Crippen LogP contribution >= 0.6 is 0 Å². The predicted octanol–water partition coefficient (Wildman–Crippen LogP) is 19.1. The molecule has 0 fully saturated rings. The van der Waals surface area contributed by atoms with Crippen molar-refractivity contribution in [1.29, 1.82) is 0 Å². The number of anilines is 9. The van der Waals surface area contributed by atoms with Crippen molar-refractivity contribution in [2.75, 3.05) is 41.1 Å². The zero-order chi connectivity index (χ0) is 62.1. The molecule has 10 aromatic rings. The molecular weight excluding hydrogens is 1110 g/mol. The fraction of sp³-hybridized carbons (Fsp3) is 0.277. The minimum Gasteiger partial charge on any atom is -0.486 e. The molecule has 17 rings (SSSR count). The minimum absolute atomic E-state index is 0.0130. The van der Waals surface area contributed by atoms with Crippen LogP contribution < -0.4 is 50.0 Å². The summed E-state index contributed by atoms with van der Waals surface area (Å²) >= 11 is 0. The third-order valence-electron chi connectivity index (χ3n) is 22.1. The third kappa shape index (κ3) is 8.67. The Bertz CT molecular complexity index is 4660. The van der Waals surface area contributed by atoms with E-state index in [1.807, 2.05) is 0 Å². The van der Waals surface area contributed by atoms with Gasteiger partial charge in [-0.15, -0.1) is 0 Å². The molecule has 0 saturated carbocycles. The maximum atomic E-state index is 6.58. The molecule has 7 nitrogen and oxygen atoms in total. The van der Waals surface area contributed by atoms with Gasteiger partial charge in [-0.2, -0.15) is 0 Å². The molecular formula is C83H78BN3O4. The summed E-state index contributed by atoms with van der Waals surface area (Å²) in [4.78, 5) is 7.58. The fourth-order valence-corrected chi connectivity index (χ4v) is 16.7. The molecule has 0 bridgehead atoms. The second-order valence-corrected chi connectivity index (χ2v) is 29.8. The molecule has 10 aromatic carbocycles. The largest absolute Gasteiger partial charge is 0.486 e. The van der Waals surface area contributed by atoms with Crippen molar-refractivity contribution in [3.8, 4) is 56.4 Å². The Hall–Kier alpha value is -9.14. The number of benzene rings is 10. The standard InChI is InChI=1S/C83H78BN3O4/c1-79(2)34-35-80(3,4)65-45-58(29-32-63(65)79)86-70-48-67-66(81(5,6)36-37-82(67,7)8)47-68(70)84-69-49-76-77(91-41-40-90-76)50-71(69)87(59-30-33-74-75(46-59)89-39-38-88-74)73-43-54(42-72(86)78(73)84)53-22-26-56(27-23-53)85(55-24-20-52(21-25-55)51-16-12-11-13-17-51)57-28-31-61-60-18-14-15-19-62(60)83(9,10)64(61)44-57/h11-33,42-50H,34-41H2,1-10H3. The van der Waals surface area contributed by atoms with Gasteiger partial charge >= 0.3 is 0 Å². The van der Waals surface area contributed by atoms with Gasteiger partial charge in [-0.25, -0.2) is 0 Å². The normalized spacial score (nSPS) is 18.2. The Balaban J connectivity index is 0.907. The number of rotatable bonds is 7. The lowest BCUT2D eigenvalue weighted by atomic mass is 9.33. The van der Waals surface area contributed by atoms with Crippen molar-refractivity contribution < 1.29 is 18.9 Å². The molecule has 8 heteroatoms. The van der Waals surface area contributed by atoms with E-state index in [4.69, 9.17) is 18.9 Å². The van der Waals surface area contributed by atoms with Gasteiger partial charge in [-0.3, -0.25) is 0 Å². The molecule has 0 saturated heterocycles. The third-order valence-corrected chi connectivity index (χ3v) is 22.1. The highest BCUT2D eigenvalue weighted by Crippen LogP contribution is 2.56. The van der Waals surface area contributed by atoms with Crippen LogP contribution in [0.15, 0.2) is 194 Å². The fourth-order valence-electron chi connectivity index (χ4n) is 16.7. The van der Waals surface area contributed by atoms with E-state index in [1.54, 1.807) is 0 Å². The highest BCUT2D eigenvalue weighted by Gasteiger charge is 2.48. The predicted molar refractivity (Wildman–Crippen MR) is 376 cm³/mol. The molecule has 0 atom stereocenters. The summed E-state index contributed by atoms with van der Waals surface area (Å²) in [7, 11) is 0. The zero-order valence-electron chi connectivity index (χ0n) is 54.2. The SMILES string of the molecule is CC1(C)CCC(C)(C)c2cc(N3c4cc5c(cc4B4c6cc7c(cc6N(c6ccc8c(c6)OCCO8)c6cc(-c8ccc(N(c9ccc(-c%10ccccc%10)cc9)c9ccc%10c(c9)C(C)(C)c9ccccc9-%10)cc8)cc3c64)OCCO7)C(C)(C)CCC5(C)C)ccc21. The van der Waals surface area contributed by atoms with Crippen LogP contribution in [0.5, 0.6) is 23.0 Å². The topological polar surface area (TPSA) is 46.6 Å². The van der Waals surface area contributed by atoms with E-state index in [2.05, 4.69) is 278 Å². The molecule has 3 aliphatic carbocycles. The van der Waals surface area contributed by atoms with Crippen molar-refractivity contribution in [2.24, 2.45) is 0 Å². The van der Waals surface area contributed by atoms with Crippen LogP contribution in [-0.4, -0.2) is 33.1 Å². The molecule has 7 aliphatic rings. The second kappa shape index (κ2) is 19.9. The lowest BCUT2D eigenvalue weighted by Gasteiger charge is -2.48. The first kappa shape index (κ1) is 55.9. The molecule has 91 heavy (non-hydrogen) atoms. The monoisotopic (exact) mass is 1190 g/mol. The Morgan fingerprint density at radius 3 is 1.45 bits per heavy atom. The van der Waals surface area contributed by atoms with E-state index in [1.165, 1.54) is 89.1 Å². The smallest absolute Gasteiger partial charge is 0.252 e. The van der Waals surface area contributed by atoms with Crippen molar-refractivity contribution >= 4 is 74.3 Å². The summed E-state index contributed by atoms with van der Waals surface area (Å²) < 4.78 is 25.8. The van der Waals surface area contributed by atoms with Gasteiger partial charge in [0.15, 0.2) is 23.0 Å². The van der Waals surface area contributed by atoms with Crippen molar-refractivity contribution in [2.45, 2.75) is 122 Å². The van der Waals surface area contributed by atoms with Crippen LogP contribution in [0.2, 0.25) is 0 Å². The number of fused-ring (bicyclic) bond motifs is 11. The van der Waals surface area contributed by atoms with E-state index in [0.29, 0.717) is 26.4 Å². The van der Waals surface area contributed by atoms with Gasteiger partial charge in [-0.05, 0) is 215 Å². The van der Waals surface area contributed by atoms with Gasteiger partial charge in [0.2, 0.25) is 0 Å². The van der Waals surface area contributed by atoms with Gasteiger partial charge in [0, 0.05) is 63.0 Å². The number of hydrogen-bond acceptors (Lipinski definition) is 7. The summed E-state index contributed by atoms with van der Waals surface area (Å²) in [6.45, 7) is 26.2. The van der Waals surface area contributed by atoms with Crippen LogP contribution in [0, 0.1) is 0 Å². The highest BCUT2D eigenvalue weighted by molar-refractivity contribution is 7.00. The van der Waals surface area contributed by atoms with Gasteiger partial charge in [-0.1, -0.05) is 166 Å². The first-order valence-electron chi connectivity index (χ1n) is 33.1.